The molecule has 4 heterocycles. The van der Waals surface area contributed by atoms with E-state index in [1.54, 1.807) is 19.5 Å². The number of pyridine rings is 1. The minimum Gasteiger partial charge on any atom is -0.496 e. The molecule has 7 nitrogen and oxygen atoms in total. The van der Waals surface area contributed by atoms with E-state index in [4.69, 9.17) is 9.72 Å². The second-order valence-corrected chi connectivity index (χ2v) is 8.67. The molecule has 0 radical (unpaired) electrons. The monoisotopic (exact) mass is 431 g/mol. The van der Waals surface area contributed by atoms with Crippen LogP contribution in [-0.2, 0) is 26.1 Å². The molecule has 2 aliphatic heterocycles. The SMILES string of the molecule is COc1ccc(CN2CCc3c(nc(-c4cccnc4)[nH]c3=O)C2)cc1CN1CCCC1. The van der Waals surface area contributed by atoms with Crippen molar-refractivity contribution in [2.24, 2.45) is 0 Å². The van der Waals surface area contributed by atoms with E-state index < -0.39 is 0 Å². The molecule has 7 heteroatoms. The van der Waals surface area contributed by atoms with Gasteiger partial charge < -0.3 is 9.72 Å². The number of nitrogens with zero attached hydrogens (tertiary/aromatic N) is 4. The van der Waals surface area contributed by atoms with Crippen LogP contribution in [0.3, 0.4) is 0 Å². The minimum atomic E-state index is -0.0363. The first kappa shape index (κ1) is 20.8. The van der Waals surface area contributed by atoms with Gasteiger partial charge in [-0.2, -0.15) is 0 Å². The first-order valence-corrected chi connectivity index (χ1v) is 11.3. The maximum atomic E-state index is 12.6. The van der Waals surface area contributed by atoms with E-state index in [0.717, 1.165) is 55.3 Å². The smallest absolute Gasteiger partial charge is 0.254 e. The average molecular weight is 432 g/mol. The molecule has 0 spiro atoms. The van der Waals surface area contributed by atoms with Gasteiger partial charge in [-0.1, -0.05) is 6.07 Å². The van der Waals surface area contributed by atoms with Gasteiger partial charge in [0.2, 0.25) is 0 Å². The topological polar surface area (TPSA) is 74.3 Å². The van der Waals surface area contributed by atoms with Gasteiger partial charge in [-0.05, 0) is 62.2 Å². The third-order valence-corrected chi connectivity index (χ3v) is 6.43. The van der Waals surface area contributed by atoms with E-state index in [1.165, 1.54) is 24.0 Å². The molecule has 0 saturated carbocycles. The molecule has 3 aromatic rings. The number of hydrogen-bond donors (Lipinski definition) is 1. The molecule has 0 aliphatic carbocycles. The van der Waals surface area contributed by atoms with E-state index in [1.807, 2.05) is 12.1 Å². The van der Waals surface area contributed by atoms with Crippen LogP contribution in [-0.4, -0.2) is 51.5 Å². The lowest BCUT2D eigenvalue weighted by atomic mass is 10.0. The molecule has 0 unspecified atom stereocenters. The third-order valence-electron chi connectivity index (χ3n) is 6.43. The second kappa shape index (κ2) is 9.22. The van der Waals surface area contributed by atoms with Crippen LogP contribution < -0.4 is 10.3 Å². The quantitative estimate of drug-likeness (QED) is 0.647. The molecule has 5 rings (SSSR count). The Balaban J connectivity index is 1.35. The fraction of sp³-hybridized carbons (Fsp3) is 0.400. The highest BCUT2D eigenvalue weighted by Crippen LogP contribution is 2.25. The number of likely N-dealkylation sites (tertiary alicyclic amines) is 1. The van der Waals surface area contributed by atoms with Crippen LogP contribution in [0.2, 0.25) is 0 Å². The number of benzene rings is 1. The lowest BCUT2D eigenvalue weighted by molar-refractivity contribution is 0.240. The number of aromatic nitrogens is 3. The summed E-state index contributed by atoms with van der Waals surface area (Å²) in [6, 6.07) is 10.3. The highest BCUT2D eigenvalue weighted by molar-refractivity contribution is 5.53. The Morgan fingerprint density at radius 2 is 1.97 bits per heavy atom. The average Bonchev–Trinajstić information content (AvgIpc) is 3.33. The van der Waals surface area contributed by atoms with Crippen LogP contribution in [0.15, 0.2) is 47.5 Å². The molecule has 0 amide bonds. The molecule has 2 aromatic heterocycles. The van der Waals surface area contributed by atoms with Gasteiger partial charge in [0.1, 0.15) is 11.6 Å². The number of methoxy groups -OCH3 is 1. The molecule has 1 saturated heterocycles. The van der Waals surface area contributed by atoms with Crippen molar-refractivity contribution < 1.29 is 4.74 Å². The van der Waals surface area contributed by atoms with Gasteiger partial charge in [0.25, 0.3) is 5.56 Å². The van der Waals surface area contributed by atoms with Crippen molar-refractivity contribution in [1.82, 2.24) is 24.8 Å². The fourth-order valence-corrected chi connectivity index (χ4v) is 4.76. The van der Waals surface area contributed by atoms with Gasteiger partial charge >= 0.3 is 0 Å². The van der Waals surface area contributed by atoms with Crippen molar-refractivity contribution in [3.05, 3.63) is 75.5 Å². The predicted molar refractivity (Wildman–Crippen MR) is 123 cm³/mol. The van der Waals surface area contributed by atoms with E-state index in [9.17, 15) is 4.79 Å². The maximum absolute atomic E-state index is 12.6. The second-order valence-electron chi connectivity index (χ2n) is 8.67. The zero-order chi connectivity index (χ0) is 21.9. The van der Waals surface area contributed by atoms with Gasteiger partial charge in [-0.15, -0.1) is 0 Å². The molecule has 0 atom stereocenters. The van der Waals surface area contributed by atoms with Crippen molar-refractivity contribution in [3.8, 4) is 17.1 Å². The Kier molecular flexibility index (Phi) is 6.01. The van der Waals surface area contributed by atoms with Crippen LogP contribution >= 0.6 is 0 Å². The Bertz CT molecular complexity index is 1140. The van der Waals surface area contributed by atoms with Gasteiger partial charge in [0.05, 0.1) is 12.8 Å². The Morgan fingerprint density at radius 1 is 1.09 bits per heavy atom. The standard InChI is InChI=1S/C25H29N5O2/c1-32-23-7-6-18(13-20(23)16-29-10-2-3-11-29)15-30-12-8-21-22(17-30)27-24(28-25(21)31)19-5-4-9-26-14-19/h4-7,9,13-14H,2-3,8,10-12,15-17H2,1H3,(H,27,28,31). The number of nitrogens with one attached hydrogen (secondary N) is 1. The summed E-state index contributed by atoms with van der Waals surface area (Å²) < 4.78 is 5.62. The minimum absolute atomic E-state index is 0.0363. The zero-order valence-electron chi connectivity index (χ0n) is 18.5. The molecule has 2 aliphatic rings. The van der Waals surface area contributed by atoms with Gasteiger partial charge in [-0.3, -0.25) is 19.6 Å². The summed E-state index contributed by atoms with van der Waals surface area (Å²) in [5, 5.41) is 0. The van der Waals surface area contributed by atoms with Crippen LogP contribution in [0.4, 0.5) is 0 Å². The van der Waals surface area contributed by atoms with E-state index >= 15 is 0 Å². The highest BCUT2D eigenvalue weighted by atomic mass is 16.5. The molecular formula is C25H29N5O2. The van der Waals surface area contributed by atoms with Crippen LogP contribution in [0.5, 0.6) is 5.75 Å². The van der Waals surface area contributed by atoms with Crippen LogP contribution in [0, 0.1) is 0 Å². The molecule has 1 aromatic carbocycles. The van der Waals surface area contributed by atoms with E-state index in [-0.39, 0.29) is 5.56 Å². The fourth-order valence-electron chi connectivity index (χ4n) is 4.76. The number of hydrogen-bond acceptors (Lipinski definition) is 6. The van der Waals surface area contributed by atoms with Crippen molar-refractivity contribution in [2.75, 3.05) is 26.7 Å². The summed E-state index contributed by atoms with van der Waals surface area (Å²) in [5.74, 6) is 1.54. The van der Waals surface area contributed by atoms with Crippen LogP contribution in [0.25, 0.3) is 11.4 Å². The van der Waals surface area contributed by atoms with E-state index in [0.29, 0.717) is 18.8 Å². The lowest BCUT2D eigenvalue weighted by Gasteiger charge is -2.28. The molecule has 166 valence electrons. The highest BCUT2D eigenvalue weighted by Gasteiger charge is 2.22. The Labute approximate surface area is 188 Å². The van der Waals surface area contributed by atoms with Crippen molar-refractivity contribution >= 4 is 0 Å². The molecule has 1 fully saturated rings. The van der Waals surface area contributed by atoms with Crippen molar-refractivity contribution in [3.63, 3.8) is 0 Å². The Morgan fingerprint density at radius 3 is 2.75 bits per heavy atom. The third kappa shape index (κ3) is 4.45. The number of ether oxygens (including phenoxy) is 1. The summed E-state index contributed by atoms with van der Waals surface area (Å²) in [5.41, 5.74) is 4.97. The molecule has 0 bridgehead atoms. The first-order valence-electron chi connectivity index (χ1n) is 11.3. The molecule has 1 N–H and O–H groups in total. The summed E-state index contributed by atoms with van der Waals surface area (Å²) in [7, 11) is 1.74. The maximum Gasteiger partial charge on any atom is 0.254 e. The van der Waals surface area contributed by atoms with Gasteiger partial charge in [-0.25, -0.2) is 4.98 Å². The van der Waals surface area contributed by atoms with Gasteiger partial charge in [0, 0.05) is 55.3 Å². The van der Waals surface area contributed by atoms with Gasteiger partial charge in [0.15, 0.2) is 0 Å². The summed E-state index contributed by atoms with van der Waals surface area (Å²) >= 11 is 0. The van der Waals surface area contributed by atoms with E-state index in [2.05, 4.69) is 38.0 Å². The van der Waals surface area contributed by atoms with Crippen molar-refractivity contribution in [2.45, 2.75) is 38.9 Å². The predicted octanol–water partition coefficient (Wildman–Crippen LogP) is 2.99. The summed E-state index contributed by atoms with van der Waals surface area (Å²) in [4.78, 5) is 29.4. The largest absolute Gasteiger partial charge is 0.496 e. The van der Waals surface area contributed by atoms with Crippen LogP contribution in [0.1, 0.15) is 35.2 Å². The normalized spacial score (nSPS) is 16.8. The number of fused-ring (bicyclic) bond motifs is 1. The summed E-state index contributed by atoms with van der Waals surface area (Å²) in [6.07, 6.45) is 6.71. The molecule has 32 heavy (non-hydrogen) atoms. The summed E-state index contributed by atoms with van der Waals surface area (Å²) in [6.45, 7) is 5.60. The first-order chi connectivity index (χ1) is 15.7. The number of H-pyrrole nitrogens is 1. The molecular weight excluding hydrogens is 402 g/mol. The zero-order valence-corrected chi connectivity index (χ0v) is 18.5. The van der Waals surface area contributed by atoms with Crippen molar-refractivity contribution in [1.29, 1.82) is 0 Å². The number of rotatable bonds is 6. The number of aromatic amines is 1. The Hall–Kier alpha value is -3.03. The lowest BCUT2D eigenvalue weighted by Crippen LogP contribution is -2.35.